The van der Waals surface area contributed by atoms with Gasteiger partial charge in [0.05, 0.1) is 18.2 Å². The molecule has 2 N–H and O–H groups in total. The third-order valence-electron chi connectivity index (χ3n) is 2.86. The van der Waals surface area contributed by atoms with E-state index in [1.165, 1.54) is 0 Å². The van der Waals surface area contributed by atoms with Gasteiger partial charge in [0.25, 0.3) is 6.43 Å². The van der Waals surface area contributed by atoms with Gasteiger partial charge in [0.2, 0.25) is 0 Å². The van der Waals surface area contributed by atoms with Crippen molar-refractivity contribution in [2.24, 2.45) is 5.73 Å². The van der Waals surface area contributed by atoms with Crippen LogP contribution in [0.25, 0.3) is 0 Å². The number of ether oxygens (including phenoxy) is 1. The predicted octanol–water partition coefficient (Wildman–Crippen LogP) is 1.47. The Kier molecular flexibility index (Phi) is 5.08. The molecule has 1 heterocycles. The van der Waals surface area contributed by atoms with E-state index in [9.17, 15) is 8.78 Å². The van der Waals surface area contributed by atoms with E-state index in [0.717, 1.165) is 12.8 Å². The van der Waals surface area contributed by atoms with E-state index < -0.39 is 6.43 Å². The first-order valence-electron chi connectivity index (χ1n) is 5.81. The zero-order chi connectivity index (χ0) is 12.2. The molecule has 0 amide bonds. The van der Waals surface area contributed by atoms with Gasteiger partial charge in [-0.25, -0.2) is 8.78 Å². The maximum atomic E-state index is 12.3. The molecular weight excluding hydrogens is 214 g/mol. The highest BCUT2D eigenvalue weighted by atomic mass is 19.3. The lowest BCUT2D eigenvalue weighted by atomic mass is 10.1. The SMILES string of the molecule is CC1(C)CCC(CN(CCN)CC(F)F)O1. The summed E-state index contributed by atoms with van der Waals surface area (Å²) in [7, 11) is 0. The minimum absolute atomic E-state index is 0.0697. The number of hydrogen-bond donors (Lipinski definition) is 1. The Morgan fingerprint density at radius 2 is 2.19 bits per heavy atom. The molecule has 1 rings (SSSR count). The molecule has 1 unspecified atom stereocenters. The topological polar surface area (TPSA) is 38.5 Å². The molecule has 0 radical (unpaired) electrons. The van der Waals surface area contributed by atoms with Crippen LogP contribution in [0, 0.1) is 0 Å². The van der Waals surface area contributed by atoms with Crippen molar-refractivity contribution in [3.05, 3.63) is 0 Å². The van der Waals surface area contributed by atoms with Crippen LogP contribution in [0.3, 0.4) is 0 Å². The Bertz CT molecular complexity index is 212. The largest absolute Gasteiger partial charge is 0.371 e. The number of hydrogen-bond acceptors (Lipinski definition) is 3. The highest BCUT2D eigenvalue weighted by Crippen LogP contribution is 2.29. The van der Waals surface area contributed by atoms with Crippen LogP contribution in [0.5, 0.6) is 0 Å². The highest BCUT2D eigenvalue weighted by molar-refractivity contribution is 4.82. The van der Waals surface area contributed by atoms with Gasteiger partial charge in [0, 0.05) is 19.6 Å². The van der Waals surface area contributed by atoms with Gasteiger partial charge in [-0.2, -0.15) is 0 Å². The van der Waals surface area contributed by atoms with Crippen LogP contribution >= 0.6 is 0 Å². The maximum Gasteiger partial charge on any atom is 0.251 e. The second-order valence-electron chi connectivity index (χ2n) is 4.98. The zero-order valence-corrected chi connectivity index (χ0v) is 10.1. The van der Waals surface area contributed by atoms with E-state index in [1.807, 2.05) is 13.8 Å². The van der Waals surface area contributed by atoms with Crippen LogP contribution < -0.4 is 5.73 Å². The van der Waals surface area contributed by atoms with Crippen molar-refractivity contribution in [3.8, 4) is 0 Å². The molecule has 1 atom stereocenters. The minimum atomic E-state index is -2.30. The average molecular weight is 236 g/mol. The summed E-state index contributed by atoms with van der Waals surface area (Å²) >= 11 is 0. The average Bonchev–Trinajstić information content (AvgIpc) is 2.44. The van der Waals surface area contributed by atoms with Crippen LogP contribution in [0.15, 0.2) is 0 Å². The summed E-state index contributed by atoms with van der Waals surface area (Å²) in [5, 5.41) is 0. The second kappa shape index (κ2) is 5.89. The molecule has 1 aliphatic heterocycles. The molecule has 16 heavy (non-hydrogen) atoms. The number of nitrogens with zero attached hydrogens (tertiary/aromatic N) is 1. The minimum Gasteiger partial charge on any atom is -0.371 e. The first kappa shape index (κ1) is 13.8. The fourth-order valence-electron chi connectivity index (χ4n) is 2.13. The molecule has 5 heteroatoms. The van der Waals surface area contributed by atoms with E-state index in [-0.39, 0.29) is 18.2 Å². The molecule has 0 aromatic heterocycles. The monoisotopic (exact) mass is 236 g/mol. The summed E-state index contributed by atoms with van der Waals surface area (Å²) in [6, 6.07) is 0. The molecule has 3 nitrogen and oxygen atoms in total. The van der Waals surface area contributed by atoms with E-state index >= 15 is 0 Å². The summed E-state index contributed by atoms with van der Waals surface area (Å²) in [6.07, 6.45) is -0.304. The maximum absolute atomic E-state index is 12.3. The van der Waals surface area contributed by atoms with Gasteiger partial charge in [0.15, 0.2) is 0 Å². The molecule has 1 aliphatic rings. The first-order chi connectivity index (χ1) is 7.43. The Morgan fingerprint density at radius 3 is 2.62 bits per heavy atom. The predicted molar refractivity (Wildman–Crippen MR) is 59.7 cm³/mol. The zero-order valence-electron chi connectivity index (χ0n) is 10.1. The van der Waals surface area contributed by atoms with Gasteiger partial charge in [-0.3, -0.25) is 4.90 Å². The van der Waals surface area contributed by atoms with Gasteiger partial charge in [-0.05, 0) is 26.7 Å². The lowest BCUT2D eigenvalue weighted by molar-refractivity contribution is -0.0341. The summed E-state index contributed by atoms with van der Waals surface area (Å²) in [4.78, 5) is 1.69. The van der Waals surface area contributed by atoms with E-state index in [4.69, 9.17) is 10.5 Å². The summed E-state index contributed by atoms with van der Waals surface area (Å²) in [6.45, 7) is 5.33. The first-order valence-corrected chi connectivity index (χ1v) is 5.81. The second-order valence-corrected chi connectivity index (χ2v) is 4.98. The molecule has 0 spiro atoms. The molecule has 96 valence electrons. The Balaban J connectivity index is 2.37. The molecule has 0 aromatic carbocycles. The Hall–Kier alpha value is -0.260. The van der Waals surface area contributed by atoms with Crippen LogP contribution in [0.4, 0.5) is 8.78 Å². The van der Waals surface area contributed by atoms with E-state index in [0.29, 0.717) is 19.6 Å². The smallest absolute Gasteiger partial charge is 0.251 e. The van der Waals surface area contributed by atoms with Crippen molar-refractivity contribution >= 4 is 0 Å². The Labute approximate surface area is 95.9 Å². The highest BCUT2D eigenvalue weighted by Gasteiger charge is 2.32. The fraction of sp³-hybridized carbons (Fsp3) is 1.00. The number of nitrogens with two attached hydrogens (primary N) is 1. The summed E-state index contributed by atoms with van der Waals surface area (Å²) in [5.74, 6) is 0. The number of alkyl halides is 2. The van der Waals surface area contributed by atoms with Crippen molar-refractivity contribution in [3.63, 3.8) is 0 Å². The third-order valence-corrected chi connectivity index (χ3v) is 2.86. The summed E-state index contributed by atoms with van der Waals surface area (Å²) in [5.41, 5.74) is 5.30. The van der Waals surface area contributed by atoms with Gasteiger partial charge >= 0.3 is 0 Å². The van der Waals surface area contributed by atoms with Crippen LogP contribution in [0.2, 0.25) is 0 Å². The van der Waals surface area contributed by atoms with Crippen molar-refractivity contribution in [2.75, 3.05) is 26.2 Å². The molecule has 0 saturated carbocycles. The van der Waals surface area contributed by atoms with Crippen molar-refractivity contribution in [1.82, 2.24) is 4.90 Å². The lowest BCUT2D eigenvalue weighted by Gasteiger charge is -2.26. The van der Waals surface area contributed by atoms with Gasteiger partial charge in [0.1, 0.15) is 0 Å². The molecule has 0 aromatic rings. The standard InChI is InChI=1S/C11H22F2N2O/c1-11(2)4-3-9(16-11)7-15(6-5-14)8-10(12)13/h9-10H,3-8,14H2,1-2H3. The number of rotatable bonds is 6. The molecule has 1 fully saturated rings. The normalized spacial score (nSPS) is 24.6. The van der Waals surface area contributed by atoms with Gasteiger partial charge in [-0.1, -0.05) is 0 Å². The molecular formula is C11H22F2N2O. The van der Waals surface area contributed by atoms with E-state index in [1.54, 1.807) is 4.90 Å². The van der Waals surface area contributed by atoms with Crippen molar-refractivity contribution in [2.45, 2.75) is 44.8 Å². The van der Waals surface area contributed by atoms with Crippen LogP contribution in [-0.4, -0.2) is 49.2 Å². The van der Waals surface area contributed by atoms with Gasteiger partial charge in [-0.15, -0.1) is 0 Å². The van der Waals surface area contributed by atoms with Crippen LogP contribution in [-0.2, 0) is 4.74 Å². The van der Waals surface area contributed by atoms with Crippen molar-refractivity contribution in [1.29, 1.82) is 0 Å². The quantitative estimate of drug-likeness (QED) is 0.759. The van der Waals surface area contributed by atoms with Crippen LogP contribution in [0.1, 0.15) is 26.7 Å². The van der Waals surface area contributed by atoms with E-state index in [2.05, 4.69) is 0 Å². The number of halogens is 2. The fourth-order valence-corrected chi connectivity index (χ4v) is 2.13. The molecule has 1 saturated heterocycles. The Morgan fingerprint density at radius 1 is 1.50 bits per heavy atom. The lowest BCUT2D eigenvalue weighted by Crippen LogP contribution is -2.39. The molecule has 0 aliphatic carbocycles. The molecule has 0 bridgehead atoms. The van der Waals surface area contributed by atoms with Crippen molar-refractivity contribution < 1.29 is 13.5 Å². The third kappa shape index (κ3) is 4.72. The summed E-state index contributed by atoms with van der Waals surface area (Å²) < 4.78 is 30.4. The van der Waals surface area contributed by atoms with Gasteiger partial charge < -0.3 is 10.5 Å².